The summed E-state index contributed by atoms with van der Waals surface area (Å²) in [6, 6.07) is -0.812. The van der Waals surface area contributed by atoms with Crippen molar-refractivity contribution in [1.29, 1.82) is 0 Å². The molecule has 130 valence electrons. The summed E-state index contributed by atoms with van der Waals surface area (Å²) in [5.74, 6) is -0.722. The van der Waals surface area contributed by atoms with E-state index >= 15 is 0 Å². The summed E-state index contributed by atoms with van der Waals surface area (Å²) < 4.78 is 9.80. The summed E-state index contributed by atoms with van der Waals surface area (Å²) in [5.41, 5.74) is -0.594. The highest BCUT2D eigenvalue weighted by Crippen LogP contribution is 2.21. The van der Waals surface area contributed by atoms with Crippen LogP contribution in [-0.4, -0.2) is 54.2 Å². The van der Waals surface area contributed by atoms with Gasteiger partial charge >= 0.3 is 12.1 Å². The predicted octanol–water partition coefficient (Wildman–Crippen LogP) is 1.62. The molecule has 1 aliphatic rings. The predicted molar refractivity (Wildman–Crippen MR) is 84.7 cm³/mol. The van der Waals surface area contributed by atoms with Gasteiger partial charge in [0.25, 0.3) is 0 Å². The van der Waals surface area contributed by atoms with Gasteiger partial charge in [0.1, 0.15) is 11.6 Å². The van der Waals surface area contributed by atoms with Crippen molar-refractivity contribution >= 4 is 18.0 Å². The van der Waals surface area contributed by atoms with Crippen LogP contribution < -0.4 is 5.32 Å². The zero-order valence-electron chi connectivity index (χ0n) is 14.4. The largest absolute Gasteiger partial charge is 0.466 e. The lowest BCUT2D eigenvalue weighted by molar-refractivity contribution is -0.135. The SMILES string of the molecule is CCC(C=CC(=O)OC)NC(=O)C1CCN1C(=O)OC(C)(C)C. The molecule has 7 heteroatoms. The highest BCUT2D eigenvalue weighted by atomic mass is 16.6. The highest BCUT2D eigenvalue weighted by Gasteiger charge is 2.40. The molecule has 0 bridgehead atoms. The third kappa shape index (κ3) is 5.92. The summed E-state index contributed by atoms with van der Waals surface area (Å²) in [4.78, 5) is 36.8. The Morgan fingerprint density at radius 2 is 2.00 bits per heavy atom. The number of methoxy groups -OCH3 is 1. The number of rotatable bonds is 5. The van der Waals surface area contributed by atoms with Gasteiger partial charge in [0.15, 0.2) is 0 Å². The molecule has 1 aliphatic heterocycles. The molecule has 2 unspecified atom stereocenters. The summed E-state index contributed by atoms with van der Waals surface area (Å²) in [6.45, 7) is 7.74. The summed E-state index contributed by atoms with van der Waals surface area (Å²) in [7, 11) is 1.29. The molecule has 0 aliphatic carbocycles. The fourth-order valence-electron chi connectivity index (χ4n) is 2.03. The van der Waals surface area contributed by atoms with Gasteiger partial charge in [-0.2, -0.15) is 0 Å². The van der Waals surface area contributed by atoms with Crippen molar-refractivity contribution in [2.24, 2.45) is 0 Å². The first kappa shape index (κ1) is 19.0. The molecule has 0 aromatic heterocycles. The lowest BCUT2D eigenvalue weighted by Gasteiger charge is -2.40. The molecule has 23 heavy (non-hydrogen) atoms. The van der Waals surface area contributed by atoms with Crippen molar-refractivity contribution in [3.8, 4) is 0 Å². The molecule has 1 fully saturated rings. The zero-order valence-corrected chi connectivity index (χ0v) is 14.4. The Labute approximate surface area is 137 Å². The third-order valence-electron chi connectivity index (χ3n) is 3.38. The van der Waals surface area contributed by atoms with Crippen molar-refractivity contribution in [2.75, 3.05) is 13.7 Å². The van der Waals surface area contributed by atoms with Gasteiger partial charge in [-0.1, -0.05) is 13.0 Å². The highest BCUT2D eigenvalue weighted by molar-refractivity contribution is 5.88. The number of ether oxygens (including phenoxy) is 2. The lowest BCUT2D eigenvalue weighted by Crippen LogP contribution is -2.60. The quantitative estimate of drug-likeness (QED) is 0.613. The molecule has 1 saturated heterocycles. The van der Waals surface area contributed by atoms with E-state index in [0.717, 1.165) is 0 Å². The number of amides is 2. The normalized spacial score (nSPS) is 19.0. The van der Waals surface area contributed by atoms with Gasteiger partial charge in [0, 0.05) is 18.7 Å². The fourth-order valence-corrected chi connectivity index (χ4v) is 2.03. The van der Waals surface area contributed by atoms with E-state index < -0.39 is 23.7 Å². The maximum Gasteiger partial charge on any atom is 0.410 e. The van der Waals surface area contributed by atoms with Crippen molar-refractivity contribution in [2.45, 2.75) is 58.2 Å². The Morgan fingerprint density at radius 1 is 1.35 bits per heavy atom. The number of hydrogen-bond donors (Lipinski definition) is 1. The Kier molecular flexibility index (Phi) is 6.60. The topological polar surface area (TPSA) is 84.9 Å². The molecule has 1 rings (SSSR count). The van der Waals surface area contributed by atoms with E-state index in [2.05, 4.69) is 10.1 Å². The van der Waals surface area contributed by atoms with Crippen molar-refractivity contribution in [1.82, 2.24) is 10.2 Å². The number of hydrogen-bond acceptors (Lipinski definition) is 5. The standard InChI is InChI=1S/C16H26N2O5/c1-6-11(7-8-13(19)22-5)17-14(20)12-9-10-18(12)15(21)23-16(2,3)4/h7-8,11-12H,6,9-10H2,1-5H3,(H,17,20). The Hall–Kier alpha value is -2.05. The van der Waals surface area contributed by atoms with Crippen LogP contribution in [0.25, 0.3) is 0 Å². The van der Waals surface area contributed by atoms with E-state index in [9.17, 15) is 14.4 Å². The van der Waals surface area contributed by atoms with E-state index in [1.807, 2.05) is 6.92 Å². The second kappa shape index (κ2) is 7.99. The molecule has 0 radical (unpaired) electrons. The molecular formula is C16H26N2O5. The second-order valence-corrected chi connectivity index (χ2v) is 6.38. The van der Waals surface area contributed by atoms with Crippen molar-refractivity contribution in [3.05, 3.63) is 12.2 Å². The van der Waals surface area contributed by atoms with Crippen LogP contribution in [0.4, 0.5) is 4.79 Å². The van der Waals surface area contributed by atoms with Gasteiger partial charge < -0.3 is 14.8 Å². The van der Waals surface area contributed by atoms with Gasteiger partial charge in [-0.25, -0.2) is 9.59 Å². The molecule has 0 aromatic rings. The molecule has 0 spiro atoms. The molecule has 0 aromatic carbocycles. The van der Waals surface area contributed by atoms with Crippen LogP contribution >= 0.6 is 0 Å². The van der Waals surface area contributed by atoms with E-state index in [1.165, 1.54) is 18.1 Å². The Balaban J connectivity index is 2.58. The van der Waals surface area contributed by atoms with Crippen molar-refractivity contribution in [3.63, 3.8) is 0 Å². The number of nitrogens with one attached hydrogen (secondary N) is 1. The van der Waals surface area contributed by atoms with Gasteiger partial charge in [-0.3, -0.25) is 9.69 Å². The second-order valence-electron chi connectivity index (χ2n) is 6.38. The average Bonchev–Trinajstić information content (AvgIpc) is 2.39. The van der Waals surface area contributed by atoms with Crippen LogP contribution in [0.3, 0.4) is 0 Å². The fraction of sp³-hybridized carbons (Fsp3) is 0.688. The van der Waals surface area contributed by atoms with Crippen LogP contribution in [0, 0.1) is 0 Å². The van der Waals surface area contributed by atoms with Crippen LogP contribution in [0.5, 0.6) is 0 Å². The number of likely N-dealkylation sites (tertiary alicyclic amines) is 1. The van der Waals surface area contributed by atoms with Gasteiger partial charge in [-0.15, -0.1) is 0 Å². The number of nitrogens with zero attached hydrogens (tertiary/aromatic N) is 1. The van der Waals surface area contributed by atoms with Crippen molar-refractivity contribution < 1.29 is 23.9 Å². The zero-order chi connectivity index (χ0) is 17.6. The number of esters is 1. The van der Waals surface area contributed by atoms with Gasteiger partial charge in [-0.05, 0) is 33.6 Å². The van der Waals surface area contributed by atoms with E-state index in [4.69, 9.17) is 4.74 Å². The molecule has 0 saturated carbocycles. The first-order valence-corrected chi connectivity index (χ1v) is 7.74. The molecular weight excluding hydrogens is 300 g/mol. The van der Waals surface area contributed by atoms with Crippen LogP contribution in [0.15, 0.2) is 12.2 Å². The first-order valence-electron chi connectivity index (χ1n) is 7.74. The Bertz CT molecular complexity index is 481. The minimum atomic E-state index is -0.594. The van der Waals surface area contributed by atoms with Crippen LogP contribution in [0.1, 0.15) is 40.5 Å². The minimum Gasteiger partial charge on any atom is -0.466 e. The monoisotopic (exact) mass is 326 g/mol. The van der Waals surface area contributed by atoms with Crippen LogP contribution in [0.2, 0.25) is 0 Å². The third-order valence-corrected chi connectivity index (χ3v) is 3.38. The summed E-state index contributed by atoms with van der Waals surface area (Å²) in [6.07, 6.45) is 3.60. The molecule has 7 nitrogen and oxygen atoms in total. The maximum atomic E-state index is 12.3. The smallest absolute Gasteiger partial charge is 0.410 e. The summed E-state index contributed by atoms with van der Waals surface area (Å²) >= 11 is 0. The number of carbonyl (C=O) groups is 3. The van der Waals surface area contributed by atoms with E-state index in [1.54, 1.807) is 26.8 Å². The molecule has 1 heterocycles. The van der Waals surface area contributed by atoms with Crippen LogP contribution in [-0.2, 0) is 19.1 Å². The molecule has 2 amide bonds. The lowest BCUT2D eigenvalue weighted by atomic mass is 10.0. The van der Waals surface area contributed by atoms with E-state index in [0.29, 0.717) is 19.4 Å². The van der Waals surface area contributed by atoms with Gasteiger partial charge in [0.2, 0.25) is 5.91 Å². The maximum absolute atomic E-state index is 12.3. The molecule has 1 N–H and O–H groups in total. The van der Waals surface area contributed by atoms with E-state index in [-0.39, 0.29) is 11.9 Å². The Morgan fingerprint density at radius 3 is 2.43 bits per heavy atom. The van der Waals surface area contributed by atoms with Gasteiger partial charge in [0.05, 0.1) is 7.11 Å². The first-order chi connectivity index (χ1) is 10.7. The average molecular weight is 326 g/mol. The number of carbonyl (C=O) groups excluding carboxylic acids is 3. The molecule has 2 atom stereocenters. The summed E-state index contributed by atoms with van der Waals surface area (Å²) in [5, 5.41) is 2.81. The minimum absolute atomic E-state index is 0.247.